The fourth-order valence-corrected chi connectivity index (χ4v) is 5.69. The molecule has 0 radical (unpaired) electrons. The maximum absolute atomic E-state index is 6.54. The average Bonchev–Trinajstić information content (AvgIpc) is 3.25. The summed E-state index contributed by atoms with van der Waals surface area (Å²) >= 11 is 8.27. The van der Waals surface area contributed by atoms with Crippen molar-refractivity contribution in [3.63, 3.8) is 0 Å². The van der Waals surface area contributed by atoms with Crippen LogP contribution in [0.2, 0.25) is 5.15 Å². The summed E-state index contributed by atoms with van der Waals surface area (Å²) in [5, 5.41) is 1.56. The molecule has 0 saturated heterocycles. The Kier molecular flexibility index (Phi) is 6.65. The summed E-state index contributed by atoms with van der Waals surface area (Å²) in [7, 11) is 3.23. The highest BCUT2D eigenvalue weighted by atomic mass is 35.5. The summed E-state index contributed by atoms with van der Waals surface area (Å²) in [6, 6.07) is 13.2. The number of halogens is 1. The summed E-state index contributed by atoms with van der Waals surface area (Å²) in [6.07, 6.45) is 6.39. The molecule has 5 rings (SSSR count). The summed E-state index contributed by atoms with van der Waals surface area (Å²) in [4.78, 5) is 16.1. The predicted octanol–water partition coefficient (Wildman–Crippen LogP) is 6.57. The molecule has 174 valence electrons. The molecule has 0 atom stereocenters. The molecular formula is C26H24ClN3O3S. The van der Waals surface area contributed by atoms with E-state index in [0.717, 1.165) is 45.8 Å². The predicted molar refractivity (Wildman–Crippen MR) is 137 cm³/mol. The third kappa shape index (κ3) is 4.72. The number of aliphatic imine (C=N–C) groups is 1. The minimum Gasteiger partial charge on any atom is -0.497 e. The Morgan fingerprint density at radius 3 is 2.59 bits per heavy atom. The van der Waals surface area contributed by atoms with Gasteiger partial charge in [-0.05, 0) is 73.2 Å². The minimum absolute atomic E-state index is 0.259. The number of aryl methyl sites for hydroxylation is 2. The lowest BCUT2D eigenvalue weighted by molar-refractivity contribution is 0.296. The fraction of sp³-hybridized carbons (Fsp3) is 0.269. The molecule has 0 amide bonds. The van der Waals surface area contributed by atoms with Gasteiger partial charge in [0.25, 0.3) is 0 Å². The third-order valence-corrected chi connectivity index (χ3v) is 7.26. The van der Waals surface area contributed by atoms with Gasteiger partial charge >= 0.3 is 0 Å². The Hall–Kier alpha value is -3.16. The lowest BCUT2D eigenvalue weighted by Crippen LogP contribution is -2.03. The first-order valence-electron chi connectivity index (χ1n) is 11.1. The molecule has 8 heteroatoms. The van der Waals surface area contributed by atoms with Gasteiger partial charge in [-0.1, -0.05) is 11.6 Å². The monoisotopic (exact) mass is 493 g/mol. The summed E-state index contributed by atoms with van der Waals surface area (Å²) in [5.41, 5.74) is 3.01. The highest BCUT2D eigenvalue weighted by Gasteiger charge is 2.20. The number of nitrogens with zero attached hydrogens (tertiary/aromatic N) is 3. The van der Waals surface area contributed by atoms with Crippen molar-refractivity contribution < 1.29 is 14.2 Å². The normalized spacial score (nSPS) is 13.3. The molecule has 0 fully saturated rings. The van der Waals surface area contributed by atoms with Crippen LogP contribution in [0.5, 0.6) is 17.2 Å². The van der Waals surface area contributed by atoms with Crippen molar-refractivity contribution in [1.29, 1.82) is 0 Å². The Bertz CT molecular complexity index is 1350. The number of ether oxygens (including phenoxy) is 3. The smallest absolute Gasteiger partial charge is 0.169 e. The van der Waals surface area contributed by atoms with Gasteiger partial charge in [-0.3, -0.25) is 4.99 Å². The van der Waals surface area contributed by atoms with Gasteiger partial charge in [0.15, 0.2) is 5.82 Å². The van der Waals surface area contributed by atoms with Gasteiger partial charge in [0, 0.05) is 17.2 Å². The van der Waals surface area contributed by atoms with E-state index in [1.54, 1.807) is 37.8 Å². The number of methoxy groups -OCH3 is 2. The molecule has 0 spiro atoms. The van der Waals surface area contributed by atoms with Crippen molar-refractivity contribution in [3.05, 3.63) is 69.4 Å². The summed E-state index contributed by atoms with van der Waals surface area (Å²) < 4.78 is 16.5. The third-order valence-electron chi connectivity index (χ3n) is 5.80. The van der Waals surface area contributed by atoms with E-state index < -0.39 is 0 Å². The number of fused-ring (bicyclic) bond motifs is 3. The van der Waals surface area contributed by atoms with Gasteiger partial charge in [-0.2, -0.15) is 0 Å². The first-order valence-corrected chi connectivity index (χ1v) is 12.3. The Balaban J connectivity index is 1.26. The number of aromatic nitrogens is 2. The average molecular weight is 494 g/mol. The maximum atomic E-state index is 6.54. The molecule has 0 saturated carbocycles. The van der Waals surface area contributed by atoms with E-state index in [-0.39, 0.29) is 6.61 Å². The lowest BCUT2D eigenvalue weighted by atomic mass is 9.97. The van der Waals surface area contributed by atoms with E-state index >= 15 is 0 Å². The molecule has 2 aromatic carbocycles. The number of hydrogen-bond acceptors (Lipinski definition) is 7. The van der Waals surface area contributed by atoms with Gasteiger partial charge in [-0.25, -0.2) is 9.97 Å². The zero-order chi connectivity index (χ0) is 23.5. The highest BCUT2D eigenvalue weighted by molar-refractivity contribution is 7.19. The lowest BCUT2D eigenvalue weighted by Gasteiger charge is -2.10. The molecule has 1 aliphatic rings. The highest BCUT2D eigenvalue weighted by Crippen LogP contribution is 2.38. The Morgan fingerprint density at radius 1 is 1.00 bits per heavy atom. The molecule has 0 unspecified atom stereocenters. The molecule has 34 heavy (non-hydrogen) atoms. The zero-order valence-electron chi connectivity index (χ0n) is 19.0. The Morgan fingerprint density at radius 2 is 1.79 bits per heavy atom. The van der Waals surface area contributed by atoms with Crippen LogP contribution in [-0.2, 0) is 19.4 Å². The van der Waals surface area contributed by atoms with Crippen LogP contribution in [0, 0.1) is 0 Å². The first-order chi connectivity index (χ1) is 16.6. The van der Waals surface area contributed by atoms with Crippen molar-refractivity contribution in [2.24, 2.45) is 4.99 Å². The summed E-state index contributed by atoms with van der Waals surface area (Å²) in [5.74, 6) is 2.69. The minimum atomic E-state index is 0.259. The molecule has 6 nitrogen and oxygen atoms in total. The zero-order valence-corrected chi connectivity index (χ0v) is 20.6. The SMILES string of the molecule is COc1ccc(N=Cc2ccc(OCc3nc(Cl)c4c5c(sc4n3)CCCC5)cc2)c(OC)c1. The van der Waals surface area contributed by atoms with E-state index in [1.165, 1.54) is 23.3 Å². The van der Waals surface area contributed by atoms with E-state index in [0.29, 0.717) is 16.7 Å². The van der Waals surface area contributed by atoms with Crippen LogP contribution in [0.1, 0.15) is 34.7 Å². The van der Waals surface area contributed by atoms with Crippen LogP contribution in [0.25, 0.3) is 10.2 Å². The van der Waals surface area contributed by atoms with Crippen LogP contribution in [0.4, 0.5) is 5.69 Å². The van der Waals surface area contributed by atoms with Crippen molar-refractivity contribution in [2.75, 3.05) is 14.2 Å². The first kappa shape index (κ1) is 22.6. The molecule has 0 N–H and O–H groups in total. The molecule has 2 aromatic heterocycles. The van der Waals surface area contributed by atoms with Crippen molar-refractivity contribution in [1.82, 2.24) is 9.97 Å². The number of thiophene rings is 1. The van der Waals surface area contributed by atoms with Crippen molar-refractivity contribution in [3.8, 4) is 17.2 Å². The van der Waals surface area contributed by atoms with E-state index in [9.17, 15) is 0 Å². The second-order valence-corrected chi connectivity index (χ2v) is 9.42. The largest absolute Gasteiger partial charge is 0.497 e. The van der Waals surface area contributed by atoms with E-state index in [2.05, 4.69) is 9.98 Å². The quantitative estimate of drug-likeness (QED) is 0.215. The fourth-order valence-electron chi connectivity index (χ4n) is 4.05. The van der Waals surface area contributed by atoms with Crippen molar-refractivity contribution >= 4 is 45.1 Å². The standard InChI is InChI=1S/C26H24ClN3O3S/c1-31-18-11-12-20(21(13-18)32-2)28-14-16-7-9-17(10-8-16)33-15-23-29-25(27)24-19-5-3-4-6-22(19)34-26(24)30-23/h7-14H,3-6,15H2,1-2H3. The molecule has 1 aliphatic carbocycles. The van der Waals surface area contributed by atoms with Gasteiger partial charge in [0.05, 0.1) is 19.6 Å². The molecule has 4 aromatic rings. The molecule has 0 bridgehead atoms. The second kappa shape index (κ2) is 9.99. The topological polar surface area (TPSA) is 65.8 Å². The van der Waals surface area contributed by atoms with E-state index in [4.69, 9.17) is 30.8 Å². The van der Waals surface area contributed by atoms with Crippen LogP contribution in [0.3, 0.4) is 0 Å². The number of benzene rings is 2. The van der Waals surface area contributed by atoms with Gasteiger partial charge < -0.3 is 14.2 Å². The van der Waals surface area contributed by atoms with Crippen LogP contribution in [-0.4, -0.2) is 30.4 Å². The molecular weight excluding hydrogens is 470 g/mol. The number of rotatable bonds is 7. The molecule has 0 aliphatic heterocycles. The number of hydrogen-bond donors (Lipinski definition) is 0. The van der Waals surface area contributed by atoms with Crippen LogP contribution in [0.15, 0.2) is 47.5 Å². The van der Waals surface area contributed by atoms with Crippen LogP contribution < -0.4 is 14.2 Å². The van der Waals surface area contributed by atoms with Crippen LogP contribution >= 0.6 is 22.9 Å². The van der Waals surface area contributed by atoms with E-state index in [1.807, 2.05) is 36.4 Å². The molecule has 2 heterocycles. The maximum Gasteiger partial charge on any atom is 0.169 e. The second-order valence-electron chi connectivity index (χ2n) is 7.98. The summed E-state index contributed by atoms with van der Waals surface area (Å²) in [6.45, 7) is 0.259. The van der Waals surface area contributed by atoms with Gasteiger partial charge in [0.2, 0.25) is 0 Å². The van der Waals surface area contributed by atoms with Gasteiger partial charge in [-0.15, -0.1) is 11.3 Å². The Labute approximate surface area is 207 Å². The van der Waals surface area contributed by atoms with Crippen molar-refractivity contribution in [2.45, 2.75) is 32.3 Å². The van der Waals surface area contributed by atoms with Gasteiger partial charge in [0.1, 0.15) is 39.5 Å².